The van der Waals surface area contributed by atoms with E-state index in [1.807, 2.05) is 4.90 Å². The molecule has 0 radical (unpaired) electrons. The van der Waals surface area contributed by atoms with Crippen LogP contribution in [0.1, 0.15) is 32.6 Å². The molecule has 11 atom stereocenters. The summed E-state index contributed by atoms with van der Waals surface area (Å²) in [5, 5.41) is 17.3. The summed E-state index contributed by atoms with van der Waals surface area (Å²) in [6.45, 7) is 5.68. The predicted molar refractivity (Wildman–Crippen MR) is 144 cm³/mol. The first-order chi connectivity index (χ1) is 17.9. The van der Waals surface area contributed by atoms with Gasteiger partial charge in [0.25, 0.3) is 0 Å². The minimum atomic E-state index is -0.137. The summed E-state index contributed by atoms with van der Waals surface area (Å²) < 4.78 is 11.2. The number of piperidine rings is 3. The molecule has 0 spiro atoms. The third kappa shape index (κ3) is 6.24. The van der Waals surface area contributed by atoms with Crippen LogP contribution in [-0.4, -0.2) is 110 Å². The Labute approximate surface area is 229 Å². The van der Waals surface area contributed by atoms with E-state index in [2.05, 4.69) is 33.5 Å². The highest BCUT2D eigenvalue weighted by Crippen LogP contribution is 2.38. The zero-order valence-corrected chi connectivity index (χ0v) is 23.7. The van der Waals surface area contributed by atoms with Gasteiger partial charge < -0.3 is 30.3 Å². The lowest BCUT2D eigenvalue weighted by molar-refractivity contribution is -0.134. The number of ether oxygens (including phenoxy) is 2. The average molecular weight is 559 g/mol. The van der Waals surface area contributed by atoms with Crippen LogP contribution in [0.2, 0.25) is 0 Å². The molecule has 0 bridgehead atoms. The van der Waals surface area contributed by atoms with Gasteiger partial charge in [-0.05, 0) is 44.4 Å². The maximum absolute atomic E-state index is 13.6. The van der Waals surface area contributed by atoms with E-state index < -0.39 is 0 Å². The molecule has 0 aliphatic carbocycles. The Balaban J connectivity index is 1.14. The molecule has 0 aromatic rings. The van der Waals surface area contributed by atoms with Crippen molar-refractivity contribution in [3.05, 3.63) is 0 Å². The van der Waals surface area contributed by atoms with Crippen molar-refractivity contribution in [2.24, 2.45) is 17.8 Å². The Hall–Kier alpha value is -0.660. The standard InChI is InChI=1S/C25H43ClN6O4S/c1-13-6-15(16-7-22(26)29-10-20(16)36-3)17(9-27-13)23(33)31-25-30-19-11-32(12-21(19)37-25)24(34)18-5-4-14(35-2)8-28-18/h13-22,25,27-30H,4-12H2,1-3H3,(H,31,33). The first-order valence-electron chi connectivity index (χ1n) is 13.8. The Morgan fingerprint density at radius 1 is 1.00 bits per heavy atom. The van der Waals surface area contributed by atoms with E-state index >= 15 is 0 Å². The van der Waals surface area contributed by atoms with Gasteiger partial charge in [-0.3, -0.25) is 20.2 Å². The number of carbonyl (C=O) groups is 2. The lowest BCUT2D eigenvalue weighted by atomic mass is 9.70. The molecule has 5 aliphatic rings. The van der Waals surface area contributed by atoms with Crippen molar-refractivity contribution in [2.75, 3.05) is 46.9 Å². The van der Waals surface area contributed by atoms with E-state index in [-0.39, 0.29) is 70.1 Å². The Morgan fingerprint density at radius 3 is 2.54 bits per heavy atom. The van der Waals surface area contributed by atoms with Crippen LogP contribution in [0.15, 0.2) is 0 Å². The highest BCUT2D eigenvalue weighted by Gasteiger charge is 2.47. The smallest absolute Gasteiger partial charge is 0.239 e. The van der Waals surface area contributed by atoms with Crippen LogP contribution >= 0.6 is 23.4 Å². The highest BCUT2D eigenvalue weighted by molar-refractivity contribution is 8.00. The topological polar surface area (TPSA) is 116 Å². The minimum absolute atomic E-state index is 0.0569. The van der Waals surface area contributed by atoms with Gasteiger partial charge in [-0.1, -0.05) is 0 Å². The number of amides is 2. The van der Waals surface area contributed by atoms with Crippen LogP contribution in [0.4, 0.5) is 0 Å². The van der Waals surface area contributed by atoms with E-state index in [0.717, 1.165) is 32.2 Å². The molecule has 10 nitrogen and oxygen atoms in total. The number of alkyl halides is 1. The number of hydrogen-bond donors (Lipinski definition) is 5. The SMILES string of the molecule is COC1CCC(C(=O)N2CC3NC(NC(=O)C4CNC(C)CC4C4CC(Cl)NCC4OC)SC3C2)NC1. The van der Waals surface area contributed by atoms with Crippen LogP contribution < -0.4 is 26.6 Å². The zero-order chi connectivity index (χ0) is 26.1. The van der Waals surface area contributed by atoms with Gasteiger partial charge in [0.05, 0.1) is 29.7 Å². The first kappa shape index (κ1) is 27.9. The fourth-order valence-electron chi connectivity index (χ4n) is 6.91. The number of nitrogens with zero attached hydrogens (tertiary/aromatic N) is 1. The molecule has 37 heavy (non-hydrogen) atoms. The molecule has 5 rings (SSSR count). The number of nitrogens with one attached hydrogen (secondary N) is 5. The number of hydrogen-bond acceptors (Lipinski definition) is 9. The van der Waals surface area contributed by atoms with Crippen LogP contribution in [0.5, 0.6) is 0 Å². The summed E-state index contributed by atoms with van der Waals surface area (Å²) in [4.78, 5) is 28.6. The summed E-state index contributed by atoms with van der Waals surface area (Å²) in [6.07, 6.45) is 3.70. The number of thioether (sulfide) groups is 1. The second-order valence-electron chi connectivity index (χ2n) is 11.3. The predicted octanol–water partition coefficient (Wildman–Crippen LogP) is -0.127. The average Bonchev–Trinajstić information content (AvgIpc) is 3.47. The van der Waals surface area contributed by atoms with Gasteiger partial charge in [0.2, 0.25) is 11.8 Å². The van der Waals surface area contributed by atoms with Crippen molar-refractivity contribution < 1.29 is 19.1 Å². The van der Waals surface area contributed by atoms with Crippen LogP contribution in [0.25, 0.3) is 0 Å². The van der Waals surface area contributed by atoms with Crippen molar-refractivity contribution >= 4 is 35.2 Å². The number of fused-ring (bicyclic) bond motifs is 1. The third-order valence-electron chi connectivity index (χ3n) is 9.04. The van der Waals surface area contributed by atoms with Crippen molar-refractivity contribution in [3.8, 4) is 0 Å². The Kier molecular flexibility index (Phi) is 9.23. The maximum atomic E-state index is 13.6. The molecule has 12 heteroatoms. The van der Waals surface area contributed by atoms with E-state index in [1.54, 1.807) is 26.0 Å². The minimum Gasteiger partial charge on any atom is -0.380 e. The second kappa shape index (κ2) is 12.2. The molecule has 5 aliphatic heterocycles. The lowest BCUT2D eigenvalue weighted by Crippen LogP contribution is -2.57. The molecule has 210 valence electrons. The fraction of sp³-hybridized carbons (Fsp3) is 0.920. The number of likely N-dealkylation sites (tertiary alicyclic amines) is 1. The fourth-order valence-corrected chi connectivity index (χ4v) is 8.61. The van der Waals surface area contributed by atoms with Gasteiger partial charge in [0.1, 0.15) is 5.50 Å². The molecule has 5 fully saturated rings. The van der Waals surface area contributed by atoms with Crippen molar-refractivity contribution in [1.29, 1.82) is 0 Å². The maximum Gasteiger partial charge on any atom is 0.239 e. The van der Waals surface area contributed by atoms with Crippen molar-refractivity contribution in [3.63, 3.8) is 0 Å². The Morgan fingerprint density at radius 2 is 1.84 bits per heavy atom. The van der Waals surface area contributed by atoms with E-state index in [9.17, 15) is 9.59 Å². The van der Waals surface area contributed by atoms with Crippen LogP contribution in [0, 0.1) is 17.8 Å². The van der Waals surface area contributed by atoms with Gasteiger partial charge in [-0.2, -0.15) is 0 Å². The molecule has 5 N–H and O–H groups in total. The van der Waals surface area contributed by atoms with Gasteiger partial charge in [-0.15, -0.1) is 23.4 Å². The summed E-state index contributed by atoms with van der Waals surface area (Å²) >= 11 is 8.21. The van der Waals surface area contributed by atoms with Crippen LogP contribution in [0.3, 0.4) is 0 Å². The number of halogens is 1. The molecule has 5 saturated heterocycles. The largest absolute Gasteiger partial charge is 0.380 e. The van der Waals surface area contributed by atoms with Crippen LogP contribution in [-0.2, 0) is 19.1 Å². The van der Waals surface area contributed by atoms with Gasteiger partial charge in [0.15, 0.2) is 0 Å². The summed E-state index contributed by atoms with van der Waals surface area (Å²) in [5.74, 6) is 0.592. The molecule has 0 aromatic heterocycles. The quantitative estimate of drug-likeness (QED) is 0.225. The molecule has 11 unspecified atom stereocenters. The molecule has 2 amide bonds. The lowest BCUT2D eigenvalue weighted by Gasteiger charge is -2.45. The summed E-state index contributed by atoms with van der Waals surface area (Å²) in [7, 11) is 3.47. The number of carbonyl (C=O) groups excluding carboxylic acids is 2. The van der Waals surface area contributed by atoms with Crippen molar-refractivity contribution in [2.45, 2.75) is 79.2 Å². The van der Waals surface area contributed by atoms with Crippen molar-refractivity contribution in [1.82, 2.24) is 31.5 Å². The molecule has 0 saturated carbocycles. The molecule has 0 aromatic carbocycles. The van der Waals surface area contributed by atoms with E-state index in [0.29, 0.717) is 32.2 Å². The molecule has 5 heterocycles. The number of methoxy groups -OCH3 is 2. The zero-order valence-electron chi connectivity index (χ0n) is 22.1. The monoisotopic (exact) mass is 558 g/mol. The van der Waals surface area contributed by atoms with Gasteiger partial charge >= 0.3 is 0 Å². The number of rotatable bonds is 6. The third-order valence-corrected chi connectivity index (χ3v) is 10.7. The van der Waals surface area contributed by atoms with E-state index in [1.165, 1.54) is 0 Å². The summed E-state index contributed by atoms with van der Waals surface area (Å²) in [6, 6.07) is 0.424. The molecular weight excluding hydrogens is 516 g/mol. The normalized spacial score (nSPS) is 44.4. The highest BCUT2D eigenvalue weighted by atomic mass is 35.5. The second-order valence-corrected chi connectivity index (χ2v) is 13.2. The summed E-state index contributed by atoms with van der Waals surface area (Å²) in [5.41, 5.74) is -0.227. The first-order valence-corrected chi connectivity index (χ1v) is 15.1. The molecular formula is C25H43ClN6O4S. The van der Waals surface area contributed by atoms with E-state index in [4.69, 9.17) is 21.1 Å². The Bertz CT molecular complexity index is 806. The van der Waals surface area contributed by atoms with Gasteiger partial charge in [-0.25, -0.2) is 0 Å². The van der Waals surface area contributed by atoms with Gasteiger partial charge in [0, 0.05) is 64.3 Å².